The van der Waals surface area contributed by atoms with E-state index in [9.17, 15) is 14.0 Å². The van der Waals surface area contributed by atoms with E-state index in [2.05, 4.69) is 12.2 Å². The van der Waals surface area contributed by atoms with Crippen LogP contribution in [0, 0.1) is 5.82 Å². The fourth-order valence-corrected chi connectivity index (χ4v) is 2.60. The second kappa shape index (κ2) is 6.66. The van der Waals surface area contributed by atoms with Crippen molar-refractivity contribution in [2.75, 3.05) is 5.32 Å². The van der Waals surface area contributed by atoms with Crippen molar-refractivity contribution >= 4 is 22.5 Å². The number of aromatic nitrogens is 1. The summed E-state index contributed by atoms with van der Waals surface area (Å²) in [5, 5.41) is 3.08. The fourth-order valence-electron chi connectivity index (χ4n) is 2.60. The lowest BCUT2D eigenvalue weighted by Crippen LogP contribution is -2.20. The van der Waals surface area contributed by atoms with Gasteiger partial charge in [-0.1, -0.05) is 19.1 Å². The molecule has 1 aromatic heterocycles. The van der Waals surface area contributed by atoms with Crippen molar-refractivity contribution in [2.45, 2.75) is 19.9 Å². The van der Waals surface area contributed by atoms with Crippen LogP contribution in [-0.2, 0) is 17.8 Å². The molecule has 0 saturated carbocycles. The van der Waals surface area contributed by atoms with Gasteiger partial charge in [-0.05, 0) is 42.3 Å². The number of hydrogen-bond donors (Lipinski definition) is 1. The number of rotatable bonds is 4. The normalized spacial score (nSPS) is 10.8. The summed E-state index contributed by atoms with van der Waals surface area (Å²) < 4.78 is 15.0. The van der Waals surface area contributed by atoms with E-state index in [-0.39, 0.29) is 23.3 Å². The van der Waals surface area contributed by atoms with Crippen LogP contribution in [0.5, 0.6) is 0 Å². The number of aryl methyl sites for hydroxylation is 1. The van der Waals surface area contributed by atoms with E-state index in [4.69, 9.17) is 0 Å². The van der Waals surface area contributed by atoms with Crippen molar-refractivity contribution in [3.05, 3.63) is 76.3 Å². The Morgan fingerprint density at radius 1 is 1.12 bits per heavy atom. The summed E-state index contributed by atoms with van der Waals surface area (Å²) in [5.74, 6) is -0.689. The maximum absolute atomic E-state index is 13.3. The summed E-state index contributed by atoms with van der Waals surface area (Å²) in [6, 6.07) is 13.0. The molecule has 0 atom stereocenters. The monoisotopic (exact) mass is 324 g/mol. The largest absolute Gasteiger partial charge is 0.338 e. The first-order valence-corrected chi connectivity index (χ1v) is 7.74. The highest BCUT2D eigenvalue weighted by atomic mass is 19.1. The van der Waals surface area contributed by atoms with Crippen LogP contribution in [0.3, 0.4) is 0 Å². The maximum Gasteiger partial charge on any atom is 0.244 e. The maximum atomic E-state index is 13.3. The number of fused-ring (bicyclic) bond motifs is 1. The van der Waals surface area contributed by atoms with Crippen LogP contribution >= 0.6 is 0 Å². The second-order valence-corrected chi connectivity index (χ2v) is 5.57. The average molecular weight is 324 g/mol. The molecular weight excluding hydrogens is 307 g/mol. The third-order valence-electron chi connectivity index (χ3n) is 3.90. The topological polar surface area (TPSA) is 51.1 Å². The molecule has 0 spiro atoms. The molecule has 0 radical (unpaired) electrons. The standard InChI is InChI=1S/C19H17FN2O2/c1-2-13-3-6-15(7-4-13)21-19(24)12-22-10-9-18(23)16-11-14(20)5-8-17(16)22/h3-11H,2,12H2,1H3,(H,21,24). The van der Waals surface area contributed by atoms with Crippen molar-refractivity contribution in [1.29, 1.82) is 0 Å². The van der Waals surface area contributed by atoms with E-state index in [1.807, 2.05) is 24.3 Å². The van der Waals surface area contributed by atoms with Crippen molar-refractivity contribution < 1.29 is 9.18 Å². The Bertz CT molecular complexity index is 946. The van der Waals surface area contributed by atoms with Gasteiger partial charge in [0.25, 0.3) is 0 Å². The van der Waals surface area contributed by atoms with Crippen LogP contribution in [0.25, 0.3) is 10.9 Å². The van der Waals surface area contributed by atoms with Crippen molar-refractivity contribution in [1.82, 2.24) is 4.57 Å². The Hall–Kier alpha value is -2.95. The zero-order valence-corrected chi connectivity index (χ0v) is 13.3. The molecular formula is C19H17FN2O2. The van der Waals surface area contributed by atoms with E-state index >= 15 is 0 Å². The van der Waals surface area contributed by atoms with Gasteiger partial charge in [-0.25, -0.2) is 4.39 Å². The molecule has 3 rings (SSSR count). The first-order chi connectivity index (χ1) is 11.6. The summed E-state index contributed by atoms with van der Waals surface area (Å²) in [4.78, 5) is 24.1. The second-order valence-electron chi connectivity index (χ2n) is 5.57. The van der Waals surface area contributed by atoms with Gasteiger partial charge in [-0.2, -0.15) is 0 Å². The zero-order valence-electron chi connectivity index (χ0n) is 13.3. The van der Waals surface area contributed by atoms with E-state index in [1.54, 1.807) is 10.8 Å². The van der Waals surface area contributed by atoms with Gasteiger partial charge < -0.3 is 9.88 Å². The predicted octanol–water partition coefficient (Wildman–Crippen LogP) is 3.34. The van der Waals surface area contributed by atoms with Crippen molar-refractivity contribution in [3.63, 3.8) is 0 Å². The Labute approximate surface area is 138 Å². The Morgan fingerprint density at radius 3 is 2.58 bits per heavy atom. The summed E-state index contributed by atoms with van der Waals surface area (Å²) >= 11 is 0. The molecule has 4 nitrogen and oxygen atoms in total. The molecule has 122 valence electrons. The molecule has 5 heteroatoms. The number of anilines is 1. The molecule has 0 unspecified atom stereocenters. The predicted molar refractivity (Wildman–Crippen MR) is 92.6 cm³/mol. The highest BCUT2D eigenvalue weighted by Crippen LogP contribution is 2.13. The van der Waals surface area contributed by atoms with E-state index < -0.39 is 5.82 Å². The quantitative estimate of drug-likeness (QED) is 0.800. The molecule has 1 amide bonds. The highest BCUT2D eigenvalue weighted by Gasteiger charge is 2.08. The third-order valence-corrected chi connectivity index (χ3v) is 3.90. The minimum absolute atomic E-state index is 0.0396. The van der Waals surface area contributed by atoms with Crippen LogP contribution in [0.15, 0.2) is 59.5 Å². The first kappa shape index (κ1) is 15.9. The van der Waals surface area contributed by atoms with Crippen molar-refractivity contribution in [3.8, 4) is 0 Å². The van der Waals surface area contributed by atoms with Gasteiger partial charge in [-0.15, -0.1) is 0 Å². The number of benzene rings is 2. The number of pyridine rings is 1. The van der Waals surface area contributed by atoms with Crippen LogP contribution in [-0.4, -0.2) is 10.5 Å². The number of nitrogens with one attached hydrogen (secondary N) is 1. The van der Waals surface area contributed by atoms with Gasteiger partial charge in [0.2, 0.25) is 5.91 Å². The Morgan fingerprint density at radius 2 is 1.88 bits per heavy atom. The molecule has 1 heterocycles. The van der Waals surface area contributed by atoms with Gasteiger partial charge >= 0.3 is 0 Å². The molecule has 24 heavy (non-hydrogen) atoms. The van der Waals surface area contributed by atoms with Gasteiger partial charge in [0.1, 0.15) is 12.4 Å². The first-order valence-electron chi connectivity index (χ1n) is 7.74. The Balaban J connectivity index is 1.82. The molecule has 0 fully saturated rings. The SMILES string of the molecule is CCc1ccc(NC(=O)Cn2ccc(=O)c3cc(F)ccc32)cc1. The number of halogens is 1. The molecule has 0 saturated heterocycles. The number of hydrogen-bond acceptors (Lipinski definition) is 2. The molecule has 0 aliphatic carbocycles. The van der Waals surface area contributed by atoms with Gasteiger partial charge in [0.05, 0.1) is 5.52 Å². The van der Waals surface area contributed by atoms with E-state index in [0.717, 1.165) is 6.42 Å². The number of carbonyl (C=O) groups excluding carboxylic acids is 1. The van der Waals surface area contributed by atoms with E-state index in [1.165, 1.54) is 29.8 Å². The fraction of sp³-hybridized carbons (Fsp3) is 0.158. The highest BCUT2D eigenvalue weighted by molar-refractivity contribution is 5.91. The third kappa shape index (κ3) is 3.35. The lowest BCUT2D eigenvalue weighted by Gasteiger charge is -2.11. The number of carbonyl (C=O) groups is 1. The Kier molecular flexibility index (Phi) is 4.42. The smallest absolute Gasteiger partial charge is 0.244 e. The minimum Gasteiger partial charge on any atom is -0.338 e. The van der Waals surface area contributed by atoms with Crippen LogP contribution in [0.2, 0.25) is 0 Å². The van der Waals surface area contributed by atoms with Crippen LogP contribution in [0.4, 0.5) is 10.1 Å². The van der Waals surface area contributed by atoms with Crippen LogP contribution < -0.4 is 10.7 Å². The van der Waals surface area contributed by atoms with Gasteiger partial charge in [0.15, 0.2) is 5.43 Å². The molecule has 2 aromatic carbocycles. The summed E-state index contributed by atoms with van der Waals surface area (Å²) in [5.41, 5.74) is 2.17. The van der Waals surface area contributed by atoms with Crippen LogP contribution in [0.1, 0.15) is 12.5 Å². The summed E-state index contributed by atoms with van der Waals surface area (Å²) in [7, 11) is 0. The zero-order chi connectivity index (χ0) is 17.1. The lowest BCUT2D eigenvalue weighted by molar-refractivity contribution is -0.116. The molecule has 1 N–H and O–H groups in total. The van der Waals surface area contributed by atoms with Gasteiger partial charge in [-0.3, -0.25) is 9.59 Å². The minimum atomic E-state index is -0.474. The summed E-state index contributed by atoms with van der Waals surface area (Å²) in [6.45, 7) is 2.11. The lowest BCUT2D eigenvalue weighted by atomic mass is 10.1. The molecule has 0 bridgehead atoms. The molecule has 0 aliphatic rings. The average Bonchev–Trinajstić information content (AvgIpc) is 2.58. The van der Waals surface area contributed by atoms with E-state index in [0.29, 0.717) is 11.2 Å². The molecule has 3 aromatic rings. The van der Waals surface area contributed by atoms with Crippen molar-refractivity contribution in [2.24, 2.45) is 0 Å². The number of nitrogens with zero attached hydrogens (tertiary/aromatic N) is 1. The van der Waals surface area contributed by atoms with Gasteiger partial charge in [0, 0.05) is 23.3 Å². The summed E-state index contributed by atoms with van der Waals surface area (Å²) in [6.07, 6.45) is 2.48. The number of amides is 1. The molecule has 0 aliphatic heterocycles.